The Morgan fingerprint density at radius 3 is 1.46 bits per heavy atom. The molecule has 46 heavy (non-hydrogen) atoms. The molecule has 0 saturated carbocycles. The molecule has 0 heterocycles. The Bertz CT molecular complexity index is 1430. The molecule has 0 aromatic heterocycles. The van der Waals surface area contributed by atoms with Gasteiger partial charge in [-0.25, -0.2) is 0 Å². The van der Waals surface area contributed by atoms with Crippen molar-refractivity contribution in [2.75, 3.05) is 33.5 Å². The number of aryl methyl sites for hydroxylation is 3. The summed E-state index contributed by atoms with van der Waals surface area (Å²) in [7, 11) is -2.33. The van der Waals surface area contributed by atoms with Gasteiger partial charge in [0.15, 0.2) is 0 Å². The Balaban J connectivity index is 0.000000307. The summed E-state index contributed by atoms with van der Waals surface area (Å²) in [4.78, 5) is 0.920. The fourth-order valence-electron chi connectivity index (χ4n) is 3.57. The van der Waals surface area contributed by atoms with E-state index in [0.29, 0.717) is 26.4 Å². The summed E-state index contributed by atoms with van der Waals surface area (Å²) in [5.74, 6) is 2.69. The molecule has 0 spiro atoms. The number of benzene rings is 4. The van der Waals surface area contributed by atoms with Crippen molar-refractivity contribution in [3.8, 4) is 17.2 Å². The lowest BCUT2D eigenvalue weighted by Gasteiger charge is -2.08. The third-order valence-corrected chi connectivity index (χ3v) is 6.76. The molecule has 4 rings (SSSR count). The van der Waals surface area contributed by atoms with E-state index in [9.17, 15) is 8.42 Å². The molecule has 4 aromatic carbocycles. The lowest BCUT2D eigenvalue weighted by Crippen LogP contribution is -2.03. The second kappa shape index (κ2) is 23.0. The standard InChI is InChI=1S/2C10H12O2.C9H12OS.C7H8O3S/c2*1-2-11-8-9-12-10-6-4-3-5-7-10;1-6-4-8(11)5-7(2)9(6)10-3;1-6-2-4-7(5-3-6)11(8,9)10/h2*2-7H,1,8-9H2;4-5,11H,1-3H3;2-5H,1H3,(H,8,9,10). The summed E-state index contributed by atoms with van der Waals surface area (Å²) in [5.41, 5.74) is 3.23. The first-order chi connectivity index (χ1) is 22.0. The van der Waals surface area contributed by atoms with Gasteiger partial charge in [-0.2, -0.15) is 8.42 Å². The van der Waals surface area contributed by atoms with Gasteiger partial charge in [0.25, 0.3) is 10.1 Å². The third kappa shape index (κ3) is 17.8. The van der Waals surface area contributed by atoms with Crippen LogP contribution in [0, 0.1) is 20.8 Å². The van der Waals surface area contributed by atoms with Gasteiger partial charge >= 0.3 is 0 Å². The summed E-state index contributed by atoms with van der Waals surface area (Å²) in [5, 5.41) is 0. The number of para-hydroxylation sites is 2. The summed E-state index contributed by atoms with van der Waals surface area (Å²) in [6, 6.07) is 29.3. The number of hydrogen-bond donors (Lipinski definition) is 2. The first kappa shape index (κ1) is 39.6. The van der Waals surface area contributed by atoms with Crippen LogP contribution in [0.15, 0.2) is 133 Å². The molecule has 0 radical (unpaired) electrons. The summed E-state index contributed by atoms with van der Waals surface area (Å²) in [6.07, 6.45) is 2.82. The van der Waals surface area contributed by atoms with Crippen LogP contribution in [0.5, 0.6) is 17.2 Å². The minimum absolute atomic E-state index is 0.0666. The average molecular weight is 669 g/mol. The third-order valence-electron chi connectivity index (χ3n) is 5.63. The van der Waals surface area contributed by atoms with E-state index in [-0.39, 0.29) is 4.90 Å². The van der Waals surface area contributed by atoms with Gasteiger partial charge in [0.05, 0.1) is 24.5 Å². The highest BCUT2D eigenvalue weighted by Gasteiger charge is 2.07. The Morgan fingerprint density at radius 1 is 0.696 bits per heavy atom. The van der Waals surface area contributed by atoms with Crippen LogP contribution in [-0.2, 0) is 19.6 Å². The highest BCUT2D eigenvalue weighted by atomic mass is 32.2. The van der Waals surface area contributed by atoms with E-state index >= 15 is 0 Å². The van der Waals surface area contributed by atoms with Crippen LogP contribution in [-0.4, -0.2) is 46.5 Å². The Labute approximate surface area is 279 Å². The van der Waals surface area contributed by atoms with E-state index in [0.717, 1.165) is 38.8 Å². The molecule has 0 bridgehead atoms. The zero-order valence-electron chi connectivity index (χ0n) is 26.8. The number of thiol groups is 1. The number of ether oxygens (including phenoxy) is 5. The molecule has 0 aliphatic rings. The number of rotatable bonds is 12. The van der Waals surface area contributed by atoms with Crippen LogP contribution in [0.3, 0.4) is 0 Å². The minimum Gasteiger partial charge on any atom is -0.498 e. The maximum atomic E-state index is 10.5. The van der Waals surface area contributed by atoms with E-state index < -0.39 is 10.1 Å². The molecule has 0 aliphatic carbocycles. The predicted molar refractivity (Wildman–Crippen MR) is 187 cm³/mol. The second-order valence-electron chi connectivity index (χ2n) is 9.30. The van der Waals surface area contributed by atoms with Crippen LogP contribution in [0.25, 0.3) is 0 Å². The van der Waals surface area contributed by atoms with Crippen LogP contribution >= 0.6 is 12.6 Å². The molecular weight excluding hydrogens is 625 g/mol. The summed E-state index contributed by atoms with van der Waals surface area (Å²) in [6.45, 7) is 14.9. The van der Waals surface area contributed by atoms with Gasteiger partial charge in [-0.05, 0) is 80.4 Å². The van der Waals surface area contributed by atoms with Gasteiger partial charge in [-0.1, -0.05) is 67.3 Å². The first-order valence-corrected chi connectivity index (χ1v) is 16.1. The lowest BCUT2D eigenvalue weighted by atomic mass is 10.1. The van der Waals surface area contributed by atoms with Gasteiger partial charge in [0, 0.05) is 4.90 Å². The van der Waals surface area contributed by atoms with Gasteiger partial charge in [-0.15, -0.1) is 12.6 Å². The largest absolute Gasteiger partial charge is 0.498 e. The highest BCUT2D eigenvalue weighted by Crippen LogP contribution is 2.25. The van der Waals surface area contributed by atoms with Gasteiger partial charge < -0.3 is 23.7 Å². The number of hydrogen-bond acceptors (Lipinski definition) is 8. The quantitative estimate of drug-likeness (QED) is 0.0673. The molecule has 0 saturated heterocycles. The maximum Gasteiger partial charge on any atom is 0.294 e. The molecule has 8 nitrogen and oxygen atoms in total. The lowest BCUT2D eigenvalue weighted by molar-refractivity contribution is 0.179. The SMILES string of the molecule is C=COCCOc1ccccc1.C=COCCOc1ccccc1.COc1c(C)cc(S)cc1C.Cc1ccc(S(=O)(=O)O)cc1. The van der Waals surface area contributed by atoms with E-state index in [1.165, 1.54) is 24.7 Å². The van der Waals surface area contributed by atoms with E-state index in [2.05, 4.69) is 25.8 Å². The van der Waals surface area contributed by atoms with E-state index in [1.807, 2.05) is 93.6 Å². The average Bonchev–Trinajstić information content (AvgIpc) is 3.03. The monoisotopic (exact) mass is 668 g/mol. The second-order valence-corrected chi connectivity index (χ2v) is 11.2. The molecule has 0 aliphatic heterocycles. The number of methoxy groups -OCH3 is 1. The van der Waals surface area contributed by atoms with E-state index in [1.54, 1.807) is 19.2 Å². The van der Waals surface area contributed by atoms with Crippen molar-refractivity contribution in [2.45, 2.75) is 30.6 Å². The van der Waals surface area contributed by atoms with Crippen LogP contribution in [0.2, 0.25) is 0 Å². The maximum absolute atomic E-state index is 10.5. The van der Waals surface area contributed by atoms with Crippen molar-refractivity contribution in [3.05, 3.63) is 139 Å². The Hall–Kier alpha value is -4.38. The molecule has 0 fully saturated rings. The molecule has 10 heteroatoms. The molecule has 4 aromatic rings. The van der Waals surface area contributed by atoms with Crippen molar-refractivity contribution >= 4 is 22.7 Å². The van der Waals surface area contributed by atoms with Crippen molar-refractivity contribution in [3.63, 3.8) is 0 Å². The zero-order valence-corrected chi connectivity index (χ0v) is 28.5. The minimum atomic E-state index is -4.02. The molecular formula is C36H44O8S2. The highest BCUT2D eigenvalue weighted by molar-refractivity contribution is 7.85. The van der Waals surface area contributed by atoms with Crippen molar-refractivity contribution in [2.24, 2.45) is 0 Å². The van der Waals surface area contributed by atoms with Crippen LogP contribution in [0.1, 0.15) is 16.7 Å². The van der Waals surface area contributed by atoms with Crippen LogP contribution in [0.4, 0.5) is 0 Å². The van der Waals surface area contributed by atoms with E-state index in [4.69, 9.17) is 28.2 Å². The summed E-state index contributed by atoms with van der Waals surface area (Å²) < 4.78 is 55.2. The molecule has 0 unspecified atom stereocenters. The predicted octanol–water partition coefficient (Wildman–Crippen LogP) is 8.29. The van der Waals surface area contributed by atoms with Crippen molar-refractivity contribution in [1.82, 2.24) is 0 Å². The molecule has 0 atom stereocenters. The zero-order chi connectivity index (χ0) is 34.2. The Morgan fingerprint density at radius 2 is 1.11 bits per heavy atom. The topological polar surface area (TPSA) is 101 Å². The first-order valence-electron chi connectivity index (χ1n) is 14.2. The summed E-state index contributed by atoms with van der Waals surface area (Å²) >= 11 is 4.25. The molecule has 1 N–H and O–H groups in total. The normalized spacial score (nSPS) is 9.78. The van der Waals surface area contributed by atoms with Crippen molar-refractivity contribution < 1.29 is 36.7 Å². The fourth-order valence-corrected chi connectivity index (χ4v) is 4.44. The van der Waals surface area contributed by atoms with Gasteiger partial charge in [-0.3, -0.25) is 4.55 Å². The molecule has 0 amide bonds. The van der Waals surface area contributed by atoms with Gasteiger partial charge in [0.1, 0.15) is 43.7 Å². The van der Waals surface area contributed by atoms with Crippen molar-refractivity contribution in [1.29, 1.82) is 0 Å². The van der Waals surface area contributed by atoms with Crippen LogP contribution < -0.4 is 14.2 Å². The molecule has 248 valence electrons. The van der Waals surface area contributed by atoms with Gasteiger partial charge in [0.2, 0.25) is 0 Å². The smallest absolute Gasteiger partial charge is 0.294 e. The Kier molecular flexibility index (Phi) is 19.8. The fraction of sp³-hybridized carbons (Fsp3) is 0.222.